The van der Waals surface area contributed by atoms with E-state index in [1.54, 1.807) is 0 Å². The Balaban J connectivity index is 2.16. The summed E-state index contributed by atoms with van der Waals surface area (Å²) in [5.41, 5.74) is 2.76. The lowest BCUT2D eigenvalue weighted by atomic mass is 9.87. The molecule has 2 unspecified atom stereocenters. The van der Waals surface area contributed by atoms with Gasteiger partial charge in [0.1, 0.15) is 0 Å². The van der Waals surface area contributed by atoms with Gasteiger partial charge < -0.3 is 5.11 Å². The molecule has 2 rings (SSSR count). The molecule has 0 aromatic heterocycles. The number of halogens is 1. The lowest BCUT2D eigenvalue weighted by Crippen LogP contribution is -2.47. The van der Waals surface area contributed by atoms with E-state index in [1.165, 1.54) is 11.1 Å². The predicted octanol–water partition coefficient (Wildman–Crippen LogP) is 3.49. The Morgan fingerprint density at radius 1 is 1.50 bits per heavy atom. The van der Waals surface area contributed by atoms with Crippen LogP contribution in [0.3, 0.4) is 0 Å². The minimum atomic E-state index is -0.730. The van der Waals surface area contributed by atoms with Gasteiger partial charge in [-0.15, -0.1) is 0 Å². The van der Waals surface area contributed by atoms with E-state index in [4.69, 9.17) is 5.11 Å². The zero-order valence-corrected chi connectivity index (χ0v) is 13.7. The molecular weight excluding hydrogens is 318 g/mol. The second-order valence-electron chi connectivity index (χ2n) is 5.63. The smallest absolute Gasteiger partial charge is 0.317 e. The quantitative estimate of drug-likeness (QED) is 0.892. The van der Waals surface area contributed by atoms with Gasteiger partial charge in [-0.2, -0.15) is 0 Å². The number of nitrogens with zero attached hydrogens (tertiary/aromatic N) is 1. The lowest BCUT2D eigenvalue weighted by Gasteiger charge is -2.38. The summed E-state index contributed by atoms with van der Waals surface area (Å²) in [7, 11) is 0. The molecule has 110 valence electrons. The fraction of sp³-hybridized carbons (Fsp3) is 0.562. The normalized spacial score (nSPS) is 19.7. The zero-order valence-electron chi connectivity index (χ0n) is 12.1. The number of aryl methyl sites for hydroxylation is 1. The molecule has 0 saturated carbocycles. The second kappa shape index (κ2) is 6.72. The Morgan fingerprint density at radius 2 is 2.25 bits per heavy atom. The van der Waals surface area contributed by atoms with Crippen molar-refractivity contribution < 1.29 is 9.90 Å². The van der Waals surface area contributed by atoms with Gasteiger partial charge in [-0.1, -0.05) is 28.9 Å². The molecule has 20 heavy (non-hydrogen) atoms. The molecule has 0 bridgehead atoms. The average Bonchev–Trinajstić information content (AvgIpc) is 2.43. The molecule has 0 amide bonds. The van der Waals surface area contributed by atoms with Crippen molar-refractivity contribution in [1.82, 2.24) is 4.90 Å². The maximum Gasteiger partial charge on any atom is 0.317 e. The molecule has 0 heterocycles. The summed E-state index contributed by atoms with van der Waals surface area (Å²) >= 11 is 3.51. The van der Waals surface area contributed by atoms with Crippen LogP contribution in [0.2, 0.25) is 0 Å². The van der Waals surface area contributed by atoms with Crippen LogP contribution in [0.15, 0.2) is 22.7 Å². The first-order chi connectivity index (χ1) is 9.51. The standard InChI is InChI=1S/C16H22BrNO2/c1-3-11(2)18(10-16(19)20)15-7-5-12-8-14(17)6-4-13(12)9-15/h4,6,8,11,15H,3,5,7,9-10H2,1-2H3,(H,19,20). The summed E-state index contributed by atoms with van der Waals surface area (Å²) in [6.45, 7) is 4.39. The van der Waals surface area contributed by atoms with Gasteiger partial charge >= 0.3 is 5.97 Å². The summed E-state index contributed by atoms with van der Waals surface area (Å²) in [6.07, 6.45) is 4.02. The van der Waals surface area contributed by atoms with Crippen LogP contribution >= 0.6 is 15.9 Å². The number of carboxylic acid groups (broad SMARTS) is 1. The third-order valence-electron chi connectivity index (χ3n) is 4.31. The molecule has 1 aromatic rings. The first-order valence-electron chi connectivity index (χ1n) is 7.26. The largest absolute Gasteiger partial charge is 0.480 e. The van der Waals surface area contributed by atoms with Crippen LogP contribution in [0.5, 0.6) is 0 Å². The summed E-state index contributed by atoms with van der Waals surface area (Å²) in [5.74, 6) is -0.730. The van der Waals surface area contributed by atoms with Crippen LogP contribution in [0.25, 0.3) is 0 Å². The lowest BCUT2D eigenvalue weighted by molar-refractivity contribution is -0.139. The first-order valence-corrected chi connectivity index (χ1v) is 8.05. The number of hydrogen-bond donors (Lipinski definition) is 1. The van der Waals surface area contributed by atoms with Gasteiger partial charge in [0.05, 0.1) is 6.54 Å². The van der Waals surface area contributed by atoms with Crippen molar-refractivity contribution in [2.24, 2.45) is 0 Å². The predicted molar refractivity (Wildman–Crippen MR) is 84.0 cm³/mol. The van der Waals surface area contributed by atoms with Crippen molar-refractivity contribution in [3.05, 3.63) is 33.8 Å². The van der Waals surface area contributed by atoms with Gasteiger partial charge in [0.15, 0.2) is 0 Å². The topological polar surface area (TPSA) is 40.5 Å². The SMILES string of the molecule is CCC(C)N(CC(=O)O)C1CCc2cc(Br)ccc2C1. The molecule has 1 N–H and O–H groups in total. The van der Waals surface area contributed by atoms with E-state index in [-0.39, 0.29) is 6.54 Å². The number of hydrogen-bond acceptors (Lipinski definition) is 2. The number of carbonyl (C=O) groups is 1. The molecule has 0 spiro atoms. The van der Waals surface area contributed by atoms with Gasteiger partial charge in [-0.05, 0) is 55.9 Å². The van der Waals surface area contributed by atoms with Crippen molar-refractivity contribution in [2.75, 3.05) is 6.54 Å². The molecule has 0 saturated heterocycles. The van der Waals surface area contributed by atoms with Gasteiger partial charge in [0.25, 0.3) is 0 Å². The van der Waals surface area contributed by atoms with E-state index in [9.17, 15) is 4.79 Å². The van der Waals surface area contributed by atoms with E-state index in [0.29, 0.717) is 12.1 Å². The molecule has 3 nitrogen and oxygen atoms in total. The third-order valence-corrected chi connectivity index (χ3v) is 4.81. The van der Waals surface area contributed by atoms with E-state index in [1.807, 2.05) is 0 Å². The Bertz CT molecular complexity index is 489. The summed E-state index contributed by atoms with van der Waals surface area (Å²) in [5, 5.41) is 9.14. The van der Waals surface area contributed by atoms with E-state index >= 15 is 0 Å². The number of aliphatic carboxylic acids is 1. The minimum Gasteiger partial charge on any atom is -0.480 e. The molecule has 0 radical (unpaired) electrons. The molecule has 0 aliphatic heterocycles. The van der Waals surface area contributed by atoms with E-state index in [0.717, 1.165) is 30.2 Å². The first kappa shape index (κ1) is 15.5. The zero-order chi connectivity index (χ0) is 14.7. The molecule has 0 fully saturated rings. The molecule has 2 atom stereocenters. The van der Waals surface area contributed by atoms with Crippen LogP contribution < -0.4 is 0 Å². The van der Waals surface area contributed by atoms with Crippen molar-refractivity contribution in [3.8, 4) is 0 Å². The van der Waals surface area contributed by atoms with E-state index in [2.05, 4.69) is 52.9 Å². The molecule has 4 heteroatoms. The molecule has 1 aromatic carbocycles. The van der Waals surface area contributed by atoms with Crippen LogP contribution in [0.4, 0.5) is 0 Å². The fourth-order valence-corrected chi connectivity index (χ4v) is 3.43. The fourth-order valence-electron chi connectivity index (χ4n) is 3.02. The Labute approximate surface area is 129 Å². The van der Waals surface area contributed by atoms with Crippen molar-refractivity contribution in [2.45, 2.75) is 51.6 Å². The second-order valence-corrected chi connectivity index (χ2v) is 6.55. The highest BCUT2D eigenvalue weighted by atomic mass is 79.9. The van der Waals surface area contributed by atoms with Gasteiger partial charge in [-0.25, -0.2) is 0 Å². The van der Waals surface area contributed by atoms with Gasteiger partial charge in [0, 0.05) is 16.6 Å². The monoisotopic (exact) mass is 339 g/mol. The minimum absolute atomic E-state index is 0.144. The summed E-state index contributed by atoms with van der Waals surface area (Å²) in [6, 6.07) is 7.09. The van der Waals surface area contributed by atoms with Gasteiger partial charge in [0.2, 0.25) is 0 Å². The average molecular weight is 340 g/mol. The Kier molecular flexibility index (Phi) is 5.22. The molecule has 1 aliphatic carbocycles. The number of benzene rings is 1. The molecule has 1 aliphatic rings. The third kappa shape index (κ3) is 3.61. The van der Waals surface area contributed by atoms with Crippen LogP contribution in [0, 0.1) is 0 Å². The van der Waals surface area contributed by atoms with Crippen molar-refractivity contribution in [1.29, 1.82) is 0 Å². The highest BCUT2D eigenvalue weighted by Gasteiger charge is 2.28. The number of carboxylic acids is 1. The highest BCUT2D eigenvalue weighted by molar-refractivity contribution is 9.10. The van der Waals surface area contributed by atoms with E-state index < -0.39 is 5.97 Å². The Morgan fingerprint density at radius 3 is 2.90 bits per heavy atom. The van der Waals surface area contributed by atoms with Crippen LogP contribution in [-0.2, 0) is 17.6 Å². The summed E-state index contributed by atoms with van der Waals surface area (Å²) < 4.78 is 1.12. The van der Waals surface area contributed by atoms with Crippen molar-refractivity contribution in [3.63, 3.8) is 0 Å². The van der Waals surface area contributed by atoms with Crippen LogP contribution in [-0.4, -0.2) is 34.6 Å². The maximum atomic E-state index is 11.1. The van der Waals surface area contributed by atoms with Crippen LogP contribution in [0.1, 0.15) is 37.8 Å². The summed E-state index contributed by atoms with van der Waals surface area (Å²) in [4.78, 5) is 13.3. The van der Waals surface area contributed by atoms with Crippen molar-refractivity contribution >= 4 is 21.9 Å². The number of rotatable bonds is 5. The maximum absolute atomic E-state index is 11.1. The highest BCUT2D eigenvalue weighted by Crippen LogP contribution is 2.28. The number of fused-ring (bicyclic) bond motifs is 1. The molecular formula is C16H22BrNO2. The van der Waals surface area contributed by atoms with Gasteiger partial charge in [-0.3, -0.25) is 9.69 Å². The Hall–Kier alpha value is -0.870.